The van der Waals surface area contributed by atoms with Crippen LogP contribution in [-0.2, 0) is 16.6 Å². The van der Waals surface area contributed by atoms with E-state index in [4.69, 9.17) is 16.3 Å². The number of amides is 1. The van der Waals surface area contributed by atoms with Crippen LogP contribution in [0.2, 0.25) is 5.02 Å². The molecule has 8 nitrogen and oxygen atoms in total. The van der Waals surface area contributed by atoms with Crippen LogP contribution < -0.4 is 20.2 Å². The van der Waals surface area contributed by atoms with E-state index in [1.807, 2.05) is 0 Å². The molecule has 0 aliphatic rings. The molecule has 0 saturated carbocycles. The minimum absolute atomic E-state index is 0.0684. The molecule has 0 unspecified atom stereocenters. The van der Waals surface area contributed by atoms with Crippen molar-refractivity contribution in [2.24, 2.45) is 0 Å². The summed E-state index contributed by atoms with van der Waals surface area (Å²) in [6.07, 6.45) is 1.30. The maximum absolute atomic E-state index is 13.0. The van der Waals surface area contributed by atoms with Crippen LogP contribution in [0.1, 0.15) is 15.9 Å². The predicted molar refractivity (Wildman–Crippen MR) is 131 cm³/mol. The largest absolute Gasteiger partial charge is 0.497 e. The number of pyridine rings is 1. The van der Waals surface area contributed by atoms with Gasteiger partial charge < -0.3 is 15.0 Å². The molecular weight excluding hydrogens is 478 g/mol. The Hall–Kier alpha value is -3.82. The van der Waals surface area contributed by atoms with E-state index in [0.717, 1.165) is 0 Å². The van der Waals surface area contributed by atoms with E-state index in [0.29, 0.717) is 27.5 Å². The normalized spacial score (nSPS) is 11.2. The number of hydrogen-bond donors (Lipinski definition) is 3. The summed E-state index contributed by atoms with van der Waals surface area (Å²) in [5.41, 5.74) is 0.666. The maximum Gasteiger partial charge on any atom is 0.261 e. The Morgan fingerprint density at radius 1 is 1.06 bits per heavy atom. The maximum atomic E-state index is 13.0. The number of fused-ring (bicyclic) bond motifs is 1. The minimum atomic E-state index is -4.00. The smallest absolute Gasteiger partial charge is 0.261 e. The quantitative estimate of drug-likeness (QED) is 0.358. The van der Waals surface area contributed by atoms with Gasteiger partial charge in [0.15, 0.2) is 0 Å². The average Bonchev–Trinajstić information content (AvgIpc) is 2.83. The van der Waals surface area contributed by atoms with Crippen molar-refractivity contribution in [3.05, 3.63) is 99.3 Å². The molecule has 0 fully saturated rings. The second-order valence-electron chi connectivity index (χ2n) is 7.35. The van der Waals surface area contributed by atoms with Gasteiger partial charge in [-0.05, 0) is 42.0 Å². The Labute approximate surface area is 200 Å². The van der Waals surface area contributed by atoms with Crippen molar-refractivity contribution in [3.63, 3.8) is 0 Å². The first-order chi connectivity index (χ1) is 16.3. The number of aromatic nitrogens is 1. The van der Waals surface area contributed by atoms with Crippen LogP contribution in [0.15, 0.2) is 82.6 Å². The number of rotatable bonds is 7. The molecule has 0 aliphatic heterocycles. The van der Waals surface area contributed by atoms with Gasteiger partial charge >= 0.3 is 0 Å². The van der Waals surface area contributed by atoms with Crippen molar-refractivity contribution in [2.45, 2.75) is 11.4 Å². The number of H-pyrrole nitrogens is 1. The van der Waals surface area contributed by atoms with E-state index in [1.165, 1.54) is 37.6 Å². The molecule has 3 aromatic carbocycles. The molecule has 34 heavy (non-hydrogen) atoms. The zero-order chi connectivity index (χ0) is 24.3. The van der Waals surface area contributed by atoms with Gasteiger partial charge in [0.2, 0.25) is 5.43 Å². The van der Waals surface area contributed by atoms with Gasteiger partial charge in [-0.15, -0.1) is 0 Å². The minimum Gasteiger partial charge on any atom is -0.497 e. The van der Waals surface area contributed by atoms with Gasteiger partial charge in [-0.3, -0.25) is 14.3 Å². The summed E-state index contributed by atoms with van der Waals surface area (Å²) in [6.45, 7) is 0.134. The monoisotopic (exact) mass is 497 g/mol. The average molecular weight is 498 g/mol. The van der Waals surface area contributed by atoms with Gasteiger partial charge in [-0.2, -0.15) is 0 Å². The van der Waals surface area contributed by atoms with Crippen LogP contribution >= 0.6 is 11.6 Å². The molecule has 1 amide bonds. The molecule has 0 spiro atoms. The molecular formula is C24H20ClN3O5S. The molecule has 1 heterocycles. The lowest BCUT2D eigenvalue weighted by Crippen LogP contribution is -2.28. The van der Waals surface area contributed by atoms with E-state index in [-0.39, 0.29) is 22.4 Å². The summed E-state index contributed by atoms with van der Waals surface area (Å²) in [6, 6.07) is 17.6. The lowest BCUT2D eigenvalue weighted by Gasteiger charge is -2.11. The third kappa shape index (κ3) is 4.90. The first kappa shape index (κ1) is 23.3. The van der Waals surface area contributed by atoms with Crippen molar-refractivity contribution < 1.29 is 17.9 Å². The molecule has 0 atom stereocenters. The van der Waals surface area contributed by atoms with Gasteiger partial charge in [0, 0.05) is 34.7 Å². The summed E-state index contributed by atoms with van der Waals surface area (Å²) in [5, 5.41) is 3.23. The van der Waals surface area contributed by atoms with E-state index in [2.05, 4.69) is 15.0 Å². The number of nitrogens with one attached hydrogen (secondary N) is 3. The first-order valence-electron chi connectivity index (χ1n) is 10.1. The van der Waals surface area contributed by atoms with Crippen molar-refractivity contribution in [3.8, 4) is 5.75 Å². The van der Waals surface area contributed by atoms with Crippen LogP contribution in [0, 0.1) is 0 Å². The van der Waals surface area contributed by atoms with Gasteiger partial charge in [0.25, 0.3) is 15.9 Å². The van der Waals surface area contributed by atoms with E-state index < -0.39 is 21.4 Å². The molecule has 4 aromatic rings. The summed E-state index contributed by atoms with van der Waals surface area (Å²) in [4.78, 5) is 28.4. The number of methoxy groups -OCH3 is 1. The number of carbonyl (C=O) groups excluding carboxylic acids is 1. The van der Waals surface area contributed by atoms with Gasteiger partial charge in [-0.25, -0.2) is 8.42 Å². The van der Waals surface area contributed by atoms with E-state index in [1.54, 1.807) is 42.5 Å². The Balaban J connectivity index is 1.62. The Kier molecular flexibility index (Phi) is 6.58. The number of aromatic amines is 1. The third-order valence-corrected chi connectivity index (χ3v) is 6.87. The van der Waals surface area contributed by atoms with E-state index >= 15 is 0 Å². The molecule has 0 saturated heterocycles. The molecule has 10 heteroatoms. The summed E-state index contributed by atoms with van der Waals surface area (Å²) in [5.74, 6) is -0.117. The predicted octanol–water partition coefficient (Wildman–Crippen LogP) is 3.92. The highest BCUT2D eigenvalue weighted by molar-refractivity contribution is 7.92. The van der Waals surface area contributed by atoms with Crippen LogP contribution in [0.25, 0.3) is 10.9 Å². The number of carbonyl (C=O) groups is 1. The number of hydrogen-bond acceptors (Lipinski definition) is 5. The Morgan fingerprint density at radius 2 is 1.85 bits per heavy atom. The fraction of sp³-hybridized carbons (Fsp3) is 0.0833. The molecule has 4 rings (SSSR count). The highest BCUT2D eigenvalue weighted by Gasteiger charge is 2.18. The van der Waals surface area contributed by atoms with Crippen LogP contribution in [-0.4, -0.2) is 26.4 Å². The number of sulfonamides is 1. The molecule has 0 radical (unpaired) electrons. The van der Waals surface area contributed by atoms with Crippen LogP contribution in [0.3, 0.4) is 0 Å². The molecule has 0 aliphatic carbocycles. The number of halogens is 1. The van der Waals surface area contributed by atoms with Crippen LogP contribution in [0.4, 0.5) is 5.69 Å². The van der Waals surface area contributed by atoms with Gasteiger partial charge in [0.1, 0.15) is 11.3 Å². The standard InChI is InChI=1S/C24H20ClN3O5S/c1-33-17-7-4-6-16(11-17)28-34(31,32)18-9-10-22-19(12-18)23(29)20(14-26-22)24(30)27-13-15-5-2-3-8-21(15)25/h2-12,14,28H,13H2,1H3,(H,26,29)(H,27,30). The molecule has 174 valence electrons. The fourth-order valence-corrected chi connectivity index (χ4v) is 4.62. The SMILES string of the molecule is COc1cccc(NS(=O)(=O)c2ccc3[nH]cc(C(=O)NCc4ccccc4Cl)c(=O)c3c2)c1. The highest BCUT2D eigenvalue weighted by atomic mass is 35.5. The first-order valence-corrected chi connectivity index (χ1v) is 12.0. The topological polar surface area (TPSA) is 117 Å². The van der Waals surface area contributed by atoms with Crippen molar-refractivity contribution in [1.29, 1.82) is 0 Å². The third-order valence-electron chi connectivity index (χ3n) is 5.13. The van der Waals surface area contributed by atoms with Gasteiger partial charge in [-0.1, -0.05) is 35.9 Å². The zero-order valence-corrected chi connectivity index (χ0v) is 19.5. The van der Waals surface area contributed by atoms with Crippen molar-refractivity contribution >= 4 is 44.1 Å². The highest BCUT2D eigenvalue weighted by Crippen LogP contribution is 2.22. The second kappa shape index (κ2) is 9.58. The number of ether oxygens (including phenoxy) is 1. The summed E-state index contributed by atoms with van der Waals surface area (Å²) < 4.78 is 33.4. The molecule has 1 aromatic heterocycles. The molecule has 3 N–H and O–H groups in total. The number of benzene rings is 3. The summed E-state index contributed by atoms with van der Waals surface area (Å²) >= 11 is 6.11. The summed E-state index contributed by atoms with van der Waals surface area (Å²) in [7, 11) is -2.53. The lowest BCUT2D eigenvalue weighted by molar-refractivity contribution is 0.0949. The lowest BCUT2D eigenvalue weighted by atomic mass is 10.1. The Morgan fingerprint density at radius 3 is 2.62 bits per heavy atom. The number of anilines is 1. The Bertz CT molecular complexity index is 1550. The molecule has 0 bridgehead atoms. The zero-order valence-electron chi connectivity index (χ0n) is 18.0. The van der Waals surface area contributed by atoms with E-state index in [9.17, 15) is 18.0 Å². The second-order valence-corrected chi connectivity index (χ2v) is 9.44. The fourth-order valence-electron chi connectivity index (χ4n) is 3.35. The van der Waals surface area contributed by atoms with Crippen molar-refractivity contribution in [1.82, 2.24) is 10.3 Å². The van der Waals surface area contributed by atoms with Gasteiger partial charge in [0.05, 0.1) is 17.7 Å². The van der Waals surface area contributed by atoms with Crippen molar-refractivity contribution in [2.75, 3.05) is 11.8 Å². The van der Waals surface area contributed by atoms with Crippen LogP contribution in [0.5, 0.6) is 5.75 Å².